The Morgan fingerprint density at radius 1 is 1.20 bits per heavy atom. The summed E-state index contributed by atoms with van der Waals surface area (Å²) in [7, 11) is 1.72. The normalized spacial score (nSPS) is 20.8. The topological polar surface area (TPSA) is 84.5 Å². The van der Waals surface area contributed by atoms with E-state index in [1.165, 1.54) is 0 Å². The maximum Gasteiger partial charge on any atom is 0.328 e. The van der Waals surface area contributed by atoms with Gasteiger partial charge in [0.1, 0.15) is 0 Å². The van der Waals surface area contributed by atoms with E-state index >= 15 is 0 Å². The van der Waals surface area contributed by atoms with Crippen molar-refractivity contribution in [1.82, 2.24) is 14.0 Å². The minimum absolute atomic E-state index is 0.0994. The van der Waals surface area contributed by atoms with E-state index in [1.54, 1.807) is 21.1 Å². The van der Waals surface area contributed by atoms with Crippen LogP contribution in [0, 0.1) is 11.8 Å². The Balaban J connectivity index is 1.74. The second kappa shape index (κ2) is 6.74. The third kappa shape index (κ3) is 3.31. The number of aryl methyl sites for hydroxylation is 2. The number of carbonyl (C=O) groups excluding carboxylic acids is 1. The van der Waals surface area contributed by atoms with Gasteiger partial charge in [0, 0.05) is 33.1 Å². The van der Waals surface area contributed by atoms with Crippen molar-refractivity contribution in [3.63, 3.8) is 0 Å². The van der Waals surface area contributed by atoms with Crippen LogP contribution in [0.4, 0.5) is 0 Å². The smallest absolute Gasteiger partial charge is 0.328 e. The van der Waals surface area contributed by atoms with Gasteiger partial charge in [0.25, 0.3) is 0 Å². The number of imidazole rings is 1. The first-order chi connectivity index (χ1) is 11.9. The van der Waals surface area contributed by atoms with E-state index in [4.69, 9.17) is 0 Å². The van der Waals surface area contributed by atoms with E-state index in [-0.39, 0.29) is 30.5 Å². The number of para-hydroxylation sites is 2. The predicted octanol–water partition coefficient (Wildman–Crippen LogP) is 1.30. The van der Waals surface area contributed by atoms with E-state index in [2.05, 4.69) is 0 Å². The molecule has 1 aromatic carbocycles. The SMILES string of the molecule is CC1CC(C(=O)O)CN(C(=O)CCn2c(=O)n(C)c3ccccc32)C1. The van der Waals surface area contributed by atoms with Gasteiger partial charge in [0.15, 0.2) is 0 Å². The Labute approximate surface area is 145 Å². The Morgan fingerprint density at radius 3 is 2.56 bits per heavy atom. The molecule has 0 aliphatic carbocycles. The molecule has 1 amide bonds. The van der Waals surface area contributed by atoms with Gasteiger partial charge in [0.2, 0.25) is 5.91 Å². The van der Waals surface area contributed by atoms with Gasteiger partial charge in [-0.1, -0.05) is 19.1 Å². The summed E-state index contributed by atoms with van der Waals surface area (Å²) >= 11 is 0. The van der Waals surface area contributed by atoms with Crippen LogP contribution in [0.3, 0.4) is 0 Å². The van der Waals surface area contributed by atoms with E-state index in [1.807, 2.05) is 31.2 Å². The molecule has 0 saturated carbocycles. The van der Waals surface area contributed by atoms with Crippen molar-refractivity contribution in [2.24, 2.45) is 18.9 Å². The Hall–Kier alpha value is -2.57. The molecule has 1 N–H and O–H groups in total. The highest BCUT2D eigenvalue weighted by atomic mass is 16.4. The van der Waals surface area contributed by atoms with Crippen LogP contribution in [0.15, 0.2) is 29.1 Å². The second-order valence-corrected chi connectivity index (χ2v) is 6.91. The molecule has 2 heterocycles. The molecule has 0 spiro atoms. The number of rotatable bonds is 4. The molecule has 1 fully saturated rings. The number of fused-ring (bicyclic) bond motifs is 1. The molecule has 3 rings (SSSR count). The summed E-state index contributed by atoms with van der Waals surface area (Å²) in [6.07, 6.45) is 0.787. The van der Waals surface area contributed by atoms with E-state index in [9.17, 15) is 19.5 Å². The fraction of sp³-hybridized carbons (Fsp3) is 0.500. The van der Waals surface area contributed by atoms with Crippen LogP contribution in [0.5, 0.6) is 0 Å². The zero-order chi connectivity index (χ0) is 18.1. The number of piperidine rings is 1. The van der Waals surface area contributed by atoms with Crippen molar-refractivity contribution in [3.05, 3.63) is 34.7 Å². The monoisotopic (exact) mass is 345 g/mol. The molecule has 2 unspecified atom stereocenters. The summed E-state index contributed by atoms with van der Waals surface area (Å²) in [5.74, 6) is -1.29. The minimum Gasteiger partial charge on any atom is -0.481 e. The van der Waals surface area contributed by atoms with Crippen LogP contribution in [0.25, 0.3) is 11.0 Å². The summed E-state index contributed by atoms with van der Waals surface area (Å²) in [5, 5.41) is 9.23. The Kier molecular flexibility index (Phi) is 4.65. The fourth-order valence-corrected chi connectivity index (χ4v) is 3.68. The highest BCUT2D eigenvalue weighted by molar-refractivity contribution is 5.79. The predicted molar refractivity (Wildman–Crippen MR) is 93.3 cm³/mol. The largest absolute Gasteiger partial charge is 0.481 e. The molecule has 25 heavy (non-hydrogen) atoms. The molecule has 0 radical (unpaired) electrons. The average Bonchev–Trinajstić information content (AvgIpc) is 2.83. The zero-order valence-electron chi connectivity index (χ0n) is 14.5. The van der Waals surface area contributed by atoms with Crippen molar-refractivity contribution >= 4 is 22.9 Å². The van der Waals surface area contributed by atoms with Gasteiger partial charge in [-0.15, -0.1) is 0 Å². The van der Waals surface area contributed by atoms with Gasteiger partial charge < -0.3 is 10.0 Å². The number of carboxylic acid groups (broad SMARTS) is 1. The number of benzene rings is 1. The lowest BCUT2D eigenvalue weighted by Crippen LogP contribution is -2.45. The number of likely N-dealkylation sites (tertiary alicyclic amines) is 1. The summed E-state index contributed by atoms with van der Waals surface area (Å²) in [5.41, 5.74) is 1.49. The molecule has 1 aromatic heterocycles. The third-order valence-electron chi connectivity index (χ3n) is 4.96. The molecule has 7 heteroatoms. The fourth-order valence-electron chi connectivity index (χ4n) is 3.68. The van der Waals surface area contributed by atoms with Crippen molar-refractivity contribution < 1.29 is 14.7 Å². The second-order valence-electron chi connectivity index (χ2n) is 6.91. The van der Waals surface area contributed by atoms with Crippen LogP contribution < -0.4 is 5.69 Å². The first-order valence-electron chi connectivity index (χ1n) is 8.53. The van der Waals surface area contributed by atoms with Gasteiger partial charge in [-0.3, -0.25) is 18.7 Å². The first-order valence-corrected chi connectivity index (χ1v) is 8.53. The molecule has 1 aliphatic rings. The maximum atomic E-state index is 12.6. The average molecular weight is 345 g/mol. The lowest BCUT2D eigenvalue weighted by molar-refractivity contribution is -0.146. The zero-order valence-corrected chi connectivity index (χ0v) is 14.5. The van der Waals surface area contributed by atoms with Crippen LogP contribution in [0.1, 0.15) is 19.8 Å². The number of amides is 1. The van der Waals surface area contributed by atoms with Gasteiger partial charge in [-0.2, -0.15) is 0 Å². The van der Waals surface area contributed by atoms with E-state index in [0.717, 1.165) is 11.0 Å². The van der Waals surface area contributed by atoms with Crippen molar-refractivity contribution in [2.45, 2.75) is 26.3 Å². The molecule has 1 saturated heterocycles. The minimum atomic E-state index is -0.852. The lowest BCUT2D eigenvalue weighted by atomic mass is 9.90. The molecule has 7 nitrogen and oxygen atoms in total. The van der Waals surface area contributed by atoms with E-state index < -0.39 is 11.9 Å². The number of aliphatic carboxylic acids is 1. The summed E-state index contributed by atoms with van der Waals surface area (Å²) in [6.45, 7) is 3.09. The highest BCUT2D eigenvalue weighted by Crippen LogP contribution is 2.22. The maximum absolute atomic E-state index is 12.6. The molecule has 2 aromatic rings. The third-order valence-corrected chi connectivity index (χ3v) is 4.96. The van der Waals surface area contributed by atoms with Crippen LogP contribution in [-0.4, -0.2) is 44.1 Å². The van der Waals surface area contributed by atoms with Crippen LogP contribution in [0.2, 0.25) is 0 Å². The highest BCUT2D eigenvalue weighted by Gasteiger charge is 2.31. The molecular formula is C18H23N3O4. The Morgan fingerprint density at radius 2 is 1.88 bits per heavy atom. The molecular weight excluding hydrogens is 322 g/mol. The number of carboxylic acids is 1. The van der Waals surface area contributed by atoms with Crippen LogP contribution in [-0.2, 0) is 23.2 Å². The number of carbonyl (C=O) groups is 2. The molecule has 0 bridgehead atoms. The standard InChI is InChI=1S/C18H23N3O4/c1-12-9-13(17(23)24)11-20(10-12)16(22)7-8-21-15-6-4-3-5-14(15)19(2)18(21)25/h3-6,12-13H,7-11H2,1-2H3,(H,23,24). The van der Waals surface area contributed by atoms with Gasteiger partial charge in [-0.25, -0.2) is 4.79 Å². The number of hydrogen-bond acceptors (Lipinski definition) is 3. The molecule has 134 valence electrons. The Bertz CT molecular complexity index is 867. The molecule has 1 aliphatic heterocycles. The van der Waals surface area contributed by atoms with E-state index in [0.29, 0.717) is 19.5 Å². The van der Waals surface area contributed by atoms with Crippen molar-refractivity contribution in [2.75, 3.05) is 13.1 Å². The quantitative estimate of drug-likeness (QED) is 0.905. The van der Waals surface area contributed by atoms with Crippen molar-refractivity contribution in [3.8, 4) is 0 Å². The summed E-state index contributed by atoms with van der Waals surface area (Å²) in [6, 6.07) is 7.48. The number of hydrogen-bond donors (Lipinski definition) is 1. The first kappa shape index (κ1) is 17.3. The van der Waals surface area contributed by atoms with Gasteiger partial charge in [-0.05, 0) is 24.5 Å². The summed E-state index contributed by atoms with van der Waals surface area (Å²) in [4.78, 5) is 37.8. The lowest BCUT2D eigenvalue weighted by Gasteiger charge is -2.34. The summed E-state index contributed by atoms with van der Waals surface area (Å²) < 4.78 is 3.18. The number of aromatic nitrogens is 2. The van der Waals surface area contributed by atoms with Crippen LogP contribution >= 0.6 is 0 Å². The molecule has 2 atom stereocenters. The van der Waals surface area contributed by atoms with Crippen molar-refractivity contribution in [1.29, 1.82) is 0 Å². The van der Waals surface area contributed by atoms with Gasteiger partial charge >= 0.3 is 11.7 Å². The number of nitrogens with zero attached hydrogens (tertiary/aromatic N) is 3. The van der Waals surface area contributed by atoms with Gasteiger partial charge in [0.05, 0.1) is 17.0 Å².